The monoisotopic (exact) mass is 289 g/mol. The van der Waals surface area contributed by atoms with Crippen molar-refractivity contribution in [3.05, 3.63) is 29.7 Å². The molecule has 2 aromatic rings. The van der Waals surface area contributed by atoms with Crippen LogP contribution in [0.5, 0.6) is 0 Å². The number of amides is 1. The Morgan fingerprint density at radius 3 is 2.90 bits per heavy atom. The van der Waals surface area contributed by atoms with Crippen molar-refractivity contribution in [2.24, 2.45) is 7.05 Å². The summed E-state index contributed by atoms with van der Waals surface area (Å²) in [6, 6.07) is 5.18. The fraction of sp³-hybridized carbons (Fsp3) is 0.357. The van der Waals surface area contributed by atoms with Gasteiger partial charge >= 0.3 is 5.97 Å². The van der Waals surface area contributed by atoms with Gasteiger partial charge in [0.25, 0.3) is 5.91 Å². The normalized spacial score (nSPS) is 14.1. The van der Waals surface area contributed by atoms with Gasteiger partial charge in [-0.1, -0.05) is 0 Å². The van der Waals surface area contributed by atoms with E-state index in [1.165, 1.54) is 6.07 Å². The van der Waals surface area contributed by atoms with Crippen LogP contribution < -0.4 is 5.32 Å². The molecule has 0 spiro atoms. The maximum Gasteiger partial charge on any atom is 0.322 e. The van der Waals surface area contributed by atoms with Crippen molar-refractivity contribution in [3.8, 4) is 11.5 Å². The molecule has 21 heavy (non-hydrogen) atoms. The maximum atomic E-state index is 11.7. The Morgan fingerprint density at radius 1 is 1.48 bits per heavy atom. The summed E-state index contributed by atoms with van der Waals surface area (Å²) in [5.41, 5.74) is 1.84. The van der Waals surface area contributed by atoms with E-state index >= 15 is 0 Å². The van der Waals surface area contributed by atoms with Crippen LogP contribution >= 0.6 is 0 Å². The third kappa shape index (κ3) is 2.81. The van der Waals surface area contributed by atoms with Crippen LogP contribution in [0.3, 0.4) is 0 Å². The number of aryl methyl sites for hydroxylation is 1. The Labute approximate surface area is 120 Å². The Hall–Kier alpha value is -2.57. The van der Waals surface area contributed by atoms with Gasteiger partial charge in [0.05, 0.1) is 5.69 Å². The topological polar surface area (TPSA) is 97.4 Å². The second-order valence-electron chi connectivity index (χ2n) is 5.09. The van der Waals surface area contributed by atoms with Gasteiger partial charge in [-0.25, -0.2) is 0 Å². The minimum atomic E-state index is -1.10. The number of carboxylic acids is 1. The molecule has 1 amide bonds. The van der Waals surface area contributed by atoms with Gasteiger partial charge in [0.2, 0.25) is 0 Å². The zero-order valence-corrected chi connectivity index (χ0v) is 11.5. The number of hydrogen-bond acceptors (Lipinski definition) is 4. The van der Waals surface area contributed by atoms with Gasteiger partial charge in [-0.15, -0.1) is 0 Å². The van der Waals surface area contributed by atoms with Crippen LogP contribution in [0.2, 0.25) is 0 Å². The SMILES string of the molecule is Cn1nc(C2CC2)cc1-c1ccc(C(=O)NCC(=O)O)o1. The molecule has 0 atom stereocenters. The number of aromatic nitrogens is 2. The van der Waals surface area contributed by atoms with Crippen LogP contribution in [0.25, 0.3) is 11.5 Å². The summed E-state index contributed by atoms with van der Waals surface area (Å²) in [6.07, 6.45) is 2.33. The van der Waals surface area contributed by atoms with Crippen molar-refractivity contribution in [1.82, 2.24) is 15.1 Å². The highest BCUT2D eigenvalue weighted by Gasteiger charge is 2.27. The lowest BCUT2D eigenvalue weighted by Crippen LogP contribution is -2.28. The lowest BCUT2D eigenvalue weighted by Gasteiger charge is -1.99. The minimum absolute atomic E-state index is 0.0837. The van der Waals surface area contributed by atoms with Crippen molar-refractivity contribution in [2.45, 2.75) is 18.8 Å². The molecule has 1 fully saturated rings. The highest BCUT2D eigenvalue weighted by molar-refractivity contribution is 5.93. The number of hydrogen-bond donors (Lipinski definition) is 2. The van der Waals surface area contributed by atoms with E-state index in [4.69, 9.17) is 9.52 Å². The lowest BCUT2D eigenvalue weighted by molar-refractivity contribution is -0.135. The molecule has 3 rings (SSSR count). The summed E-state index contributed by atoms with van der Waals surface area (Å²) in [7, 11) is 1.83. The van der Waals surface area contributed by atoms with E-state index in [0.717, 1.165) is 24.2 Å². The maximum absolute atomic E-state index is 11.7. The van der Waals surface area contributed by atoms with Gasteiger partial charge in [-0.05, 0) is 31.0 Å². The quantitative estimate of drug-likeness (QED) is 0.866. The minimum Gasteiger partial charge on any atom is -0.480 e. The average molecular weight is 289 g/mol. The van der Waals surface area contributed by atoms with Gasteiger partial charge in [0.15, 0.2) is 11.5 Å². The predicted octanol–water partition coefficient (Wildman–Crippen LogP) is 1.37. The van der Waals surface area contributed by atoms with E-state index in [1.807, 2.05) is 13.1 Å². The third-order valence-corrected chi connectivity index (χ3v) is 3.38. The van der Waals surface area contributed by atoms with E-state index in [1.54, 1.807) is 10.7 Å². The summed E-state index contributed by atoms with van der Waals surface area (Å²) in [4.78, 5) is 22.1. The standard InChI is InChI=1S/C14H15N3O4/c1-17-10(6-9(16-17)8-2-3-8)11-4-5-12(21-11)14(20)15-7-13(18)19/h4-6,8H,2-3,7H2,1H3,(H,15,20)(H,18,19). The van der Waals surface area contributed by atoms with E-state index in [-0.39, 0.29) is 5.76 Å². The van der Waals surface area contributed by atoms with Crippen LogP contribution in [-0.4, -0.2) is 33.3 Å². The summed E-state index contributed by atoms with van der Waals surface area (Å²) in [5.74, 6) is -0.486. The summed E-state index contributed by atoms with van der Waals surface area (Å²) < 4.78 is 7.22. The van der Waals surface area contributed by atoms with Crippen molar-refractivity contribution in [1.29, 1.82) is 0 Å². The molecule has 2 aromatic heterocycles. The van der Waals surface area contributed by atoms with Crippen LogP contribution in [0.1, 0.15) is 35.0 Å². The number of nitrogens with one attached hydrogen (secondary N) is 1. The Balaban J connectivity index is 1.78. The molecule has 0 aliphatic heterocycles. The number of nitrogens with zero attached hydrogens (tertiary/aromatic N) is 2. The van der Waals surface area contributed by atoms with Gasteiger partial charge in [0.1, 0.15) is 12.2 Å². The summed E-state index contributed by atoms with van der Waals surface area (Å²) >= 11 is 0. The molecule has 1 saturated carbocycles. The molecule has 1 aliphatic rings. The zero-order chi connectivity index (χ0) is 15.0. The second kappa shape index (κ2) is 5.08. The fourth-order valence-corrected chi connectivity index (χ4v) is 2.14. The van der Waals surface area contributed by atoms with E-state index in [9.17, 15) is 9.59 Å². The first-order chi connectivity index (χ1) is 10.0. The molecule has 0 saturated heterocycles. The number of furan rings is 1. The molecule has 0 aromatic carbocycles. The molecular weight excluding hydrogens is 274 g/mol. The molecule has 2 N–H and O–H groups in total. The van der Waals surface area contributed by atoms with Crippen LogP contribution in [-0.2, 0) is 11.8 Å². The van der Waals surface area contributed by atoms with Crippen molar-refractivity contribution in [3.63, 3.8) is 0 Å². The first-order valence-electron chi connectivity index (χ1n) is 6.68. The largest absolute Gasteiger partial charge is 0.480 e. The van der Waals surface area contributed by atoms with E-state index in [0.29, 0.717) is 11.7 Å². The first-order valence-corrected chi connectivity index (χ1v) is 6.68. The molecule has 1 aliphatic carbocycles. The molecule has 7 nitrogen and oxygen atoms in total. The smallest absolute Gasteiger partial charge is 0.322 e. The summed E-state index contributed by atoms with van der Waals surface area (Å²) in [5, 5.41) is 15.2. The third-order valence-electron chi connectivity index (χ3n) is 3.38. The Bertz CT molecular complexity index is 697. The summed E-state index contributed by atoms with van der Waals surface area (Å²) in [6.45, 7) is -0.438. The molecule has 0 unspecified atom stereocenters. The molecular formula is C14H15N3O4. The number of aliphatic carboxylic acids is 1. The second-order valence-corrected chi connectivity index (χ2v) is 5.09. The Morgan fingerprint density at radius 2 is 2.24 bits per heavy atom. The number of carbonyl (C=O) groups excluding carboxylic acids is 1. The molecule has 0 radical (unpaired) electrons. The number of carbonyl (C=O) groups is 2. The molecule has 7 heteroatoms. The van der Waals surface area contributed by atoms with Crippen LogP contribution in [0.4, 0.5) is 0 Å². The first kappa shape index (κ1) is 13.4. The van der Waals surface area contributed by atoms with Crippen molar-refractivity contribution in [2.75, 3.05) is 6.54 Å². The Kier molecular flexibility index (Phi) is 3.25. The van der Waals surface area contributed by atoms with E-state index < -0.39 is 18.4 Å². The van der Waals surface area contributed by atoms with Crippen LogP contribution in [0.15, 0.2) is 22.6 Å². The number of rotatable bonds is 5. The van der Waals surface area contributed by atoms with Gasteiger partial charge in [-0.3, -0.25) is 14.3 Å². The van der Waals surface area contributed by atoms with E-state index in [2.05, 4.69) is 10.4 Å². The molecule has 2 heterocycles. The fourth-order valence-electron chi connectivity index (χ4n) is 2.14. The predicted molar refractivity (Wildman–Crippen MR) is 72.9 cm³/mol. The zero-order valence-electron chi connectivity index (χ0n) is 11.5. The lowest BCUT2D eigenvalue weighted by atomic mass is 10.2. The molecule has 0 bridgehead atoms. The average Bonchev–Trinajstić information content (AvgIpc) is 3.04. The number of carboxylic acid groups (broad SMARTS) is 1. The van der Waals surface area contributed by atoms with Gasteiger partial charge in [-0.2, -0.15) is 5.10 Å². The van der Waals surface area contributed by atoms with Crippen molar-refractivity contribution >= 4 is 11.9 Å². The molecule has 110 valence electrons. The van der Waals surface area contributed by atoms with Crippen molar-refractivity contribution < 1.29 is 19.1 Å². The highest BCUT2D eigenvalue weighted by Crippen LogP contribution is 2.40. The van der Waals surface area contributed by atoms with Crippen LogP contribution in [0, 0.1) is 0 Å². The van der Waals surface area contributed by atoms with Gasteiger partial charge in [0, 0.05) is 13.0 Å². The highest BCUT2D eigenvalue weighted by atomic mass is 16.4. The van der Waals surface area contributed by atoms with Gasteiger partial charge < -0.3 is 14.8 Å².